The smallest absolute Gasteiger partial charge is 0.0700 e. The van der Waals surface area contributed by atoms with Crippen molar-refractivity contribution in [1.29, 1.82) is 0 Å². The van der Waals surface area contributed by atoms with Gasteiger partial charge in [0.2, 0.25) is 0 Å². The van der Waals surface area contributed by atoms with Gasteiger partial charge in [-0.1, -0.05) is 19.3 Å². The first-order chi connectivity index (χ1) is 9.77. The first-order valence-corrected chi connectivity index (χ1v) is 8.32. The molecule has 0 radical (unpaired) electrons. The van der Waals surface area contributed by atoms with Crippen LogP contribution in [0.25, 0.3) is 0 Å². The van der Waals surface area contributed by atoms with Crippen molar-refractivity contribution in [2.45, 2.75) is 57.0 Å². The molecule has 1 aliphatic heterocycles. The lowest BCUT2D eigenvalue weighted by Gasteiger charge is -2.51. The van der Waals surface area contributed by atoms with E-state index in [1.165, 1.54) is 51.7 Å². The van der Waals surface area contributed by atoms with Crippen molar-refractivity contribution in [1.82, 2.24) is 10.2 Å². The highest BCUT2D eigenvalue weighted by Crippen LogP contribution is 2.35. The first kappa shape index (κ1) is 16.2. The molecule has 4 nitrogen and oxygen atoms in total. The summed E-state index contributed by atoms with van der Waals surface area (Å²) < 4.78 is 10.6. The Morgan fingerprint density at radius 3 is 2.70 bits per heavy atom. The predicted octanol–water partition coefficient (Wildman–Crippen LogP) is 2.04. The molecule has 1 saturated carbocycles. The molecule has 1 N–H and O–H groups in total. The van der Waals surface area contributed by atoms with Gasteiger partial charge in [0.05, 0.1) is 13.2 Å². The minimum Gasteiger partial charge on any atom is -0.382 e. The maximum absolute atomic E-state index is 5.60. The predicted molar refractivity (Wildman–Crippen MR) is 82.2 cm³/mol. The monoisotopic (exact) mass is 284 g/mol. The maximum atomic E-state index is 5.60. The van der Waals surface area contributed by atoms with E-state index in [2.05, 4.69) is 17.1 Å². The van der Waals surface area contributed by atoms with Gasteiger partial charge in [-0.15, -0.1) is 0 Å². The summed E-state index contributed by atoms with van der Waals surface area (Å²) in [6, 6.07) is 0.622. The Morgan fingerprint density at radius 1 is 1.15 bits per heavy atom. The zero-order chi connectivity index (χ0) is 14.3. The van der Waals surface area contributed by atoms with Gasteiger partial charge < -0.3 is 14.8 Å². The van der Waals surface area contributed by atoms with Crippen molar-refractivity contribution >= 4 is 0 Å². The molecule has 0 aromatic rings. The van der Waals surface area contributed by atoms with E-state index in [1.54, 1.807) is 7.11 Å². The highest BCUT2D eigenvalue weighted by molar-refractivity contribution is 4.99. The zero-order valence-corrected chi connectivity index (χ0v) is 13.3. The van der Waals surface area contributed by atoms with Crippen LogP contribution in [0.4, 0.5) is 0 Å². The molecule has 0 aromatic heterocycles. The Bertz CT molecular complexity index is 267. The van der Waals surface area contributed by atoms with Crippen molar-refractivity contribution in [2.75, 3.05) is 46.6 Å². The number of methoxy groups -OCH3 is 1. The number of rotatable bonds is 7. The summed E-state index contributed by atoms with van der Waals surface area (Å²) in [7, 11) is 1.72. The number of nitrogens with zero attached hydrogens (tertiary/aromatic N) is 1. The topological polar surface area (TPSA) is 33.7 Å². The molecule has 1 atom stereocenters. The van der Waals surface area contributed by atoms with Crippen LogP contribution >= 0.6 is 0 Å². The van der Waals surface area contributed by atoms with Gasteiger partial charge in [0.25, 0.3) is 0 Å². The Morgan fingerprint density at radius 2 is 1.95 bits per heavy atom. The summed E-state index contributed by atoms with van der Waals surface area (Å²) in [6.45, 7) is 8.14. The lowest BCUT2D eigenvalue weighted by Crippen LogP contribution is -2.64. The van der Waals surface area contributed by atoms with Crippen LogP contribution in [0.2, 0.25) is 0 Å². The number of hydrogen-bond donors (Lipinski definition) is 1. The van der Waals surface area contributed by atoms with Crippen LogP contribution in [0.15, 0.2) is 0 Å². The van der Waals surface area contributed by atoms with Crippen LogP contribution in [0.1, 0.15) is 45.4 Å². The number of piperazine rings is 1. The molecule has 1 saturated heterocycles. The van der Waals surface area contributed by atoms with Gasteiger partial charge in [0.15, 0.2) is 0 Å². The average molecular weight is 284 g/mol. The molecular weight excluding hydrogens is 252 g/mol. The zero-order valence-electron chi connectivity index (χ0n) is 13.3. The van der Waals surface area contributed by atoms with E-state index in [0.717, 1.165) is 19.6 Å². The summed E-state index contributed by atoms with van der Waals surface area (Å²) in [6.07, 6.45) is 8.10. The fourth-order valence-corrected chi connectivity index (χ4v) is 3.70. The molecular formula is C16H32N2O2. The molecule has 20 heavy (non-hydrogen) atoms. The van der Waals surface area contributed by atoms with Crippen LogP contribution in [0, 0.1) is 0 Å². The van der Waals surface area contributed by atoms with E-state index in [-0.39, 0.29) is 0 Å². The largest absolute Gasteiger partial charge is 0.382 e. The first-order valence-electron chi connectivity index (χ1n) is 8.32. The van der Waals surface area contributed by atoms with Gasteiger partial charge in [-0.05, 0) is 26.2 Å². The molecule has 1 aliphatic carbocycles. The third kappa shape index (κ3) is 4.42. The van der Waals surface area contributed by atoms with E-state index in [0.29, 0.717) is 18.2 Å². The lowest BCUT2D eigenvalue weighted by molar-refractivity contribution is 0.00253. The summed E-state index contributed by atoms with van der Waals surface area (Å²) in [5.74, 6) is 0. The van der Waals surface area contributed by atoms with E-state index < -0.39 is 0 Å². The van der Waals surface area contributed by atoms with Gasteiger partial charge in [0.1, 0.15) is 0 Å². The Labute approximate surface area is 124 Å². The molecule has 2 rings (SSSR count). The van der Waals surface area contributed by atoms with Crippen molar-refractivity contribution in [2.24, 2.45) is 0 Å². The molecule has 2 aliphatic rings. The second kappa shape index (κ2) is 8.32. The average Bonchev–Trinajstić information content (AvgIpc) is 2.47. The molecule has 0 amide bonds. The Balaban J connectivity index is 1.76. The normalized spacial score (nSPS) is 27.0. The van der Waals surface area contributed by atoms with Gasteiger partial charge in [-0.2, -0.15) is 0 Å². The molecule has 0 aromatic carbocycles. The lowest BCUT2D eigenvalue weighted by atomic mass is 9.78. The second-order valence-corrected chi connectivity index (χ2v) is 6.47. The summed E-state index contributed by atoms with van der Waals surface area (Å²) >= 11 is 0. The standard InChI is InChI=1S/C16H32N2O2/c1-15-13-18(9-6-10-20-12-11-19-2)16(14-17-15)7-4-3-5-8-16/h15,17H,3-14H2,1-2H3. The second-order valence-electron chi connectivity index (χ2n) is 6.47. The SMILES string of the molecule is COCCOCCCN1CC(C)NCC12CCCCC2. The van der Waals surface area contributed by atoms with Crippen LogP contribution in [0.5, 0.6) is 0 Å². The van der Waals surface area contributed by atoms with E-state index in [4.69, 9.17) is 9.47 Å². The highest BCUT2D eigenvalue weighted by atomic mass is 16.5. The fraction of sp³-hybridized carbons (Fsp3) is 1.00. The molecule has 1 spiro atoms. The maximum Gasteiger partial charge on any atom is 0.0700 e. The summed E-state index contributed by atoms with van der Waals surface area (Å²) in [4.78, 5) is 2.76. The van der Waals surface area contributed by atoms with Gasteiger partial charge in [0, 0.05) is 44.9 Å². The van der Waals surface area contributed by atoms with Crippen LogP contribution in [-0.4, -0.2) is 63.0 Å². The summed E-state index contributed by atoms with van der Waals surface area (Å²) in [5.41, 5.74) is 0.442. The molecule has 0 bridgehead atoms. The highest BCUT2D eigenvalue weighted by Gasteiger charge is 2.40. The van der Waals surface area contributed by atoms with Gasteiger partial charge >= 0.3 is 0 Å². The van der Waals surface area contributed by atoms with Gasteiger partial charge in [-0.25, -0.2) is 0 Å². The number of ether oxygens (including phenoxy) is 2. The molecule has 1 heterocycles. The van der Waals surface area contributed by atoms with E-state index in [9.17, 15) is 0 Å². The minimum atomic E-state index is 0.442. The minimum absolute atomic E-state index is 0.442. The van der Waals surface area contributed by atoms with Crippen molar-refractivity contribution < 1.29 is 9.47 Å². The van der Waals surface area contributed by atoms with E-state index in [1.807, 2.05) is 0 Å². The van der Waals surface area contributed by atoms with Crippen molar-refractivity contribution in [3.05, 3.63) is 0 Å². The van der Waals surface area contributed by atoms with Crippen molar-refractivity contribution in [3.63, 3.8) is 0 Å². The molecule has 2 fully saturated rings. The van der Waals surface area contributed by atoms with Crippen molar-refractivity contribution in [3.8, 4) is 0 Å². The third-order valence-electron chi connectivity index (χ3n) is 4.88. The quantitative estimate of drug-likeness (QED) is 0.725. The van der Waals surface area contributed by atoms with Crippen LogP contribution < -0.4 is 5.32 Å². The fourth-order valence-electron chi connectivity index (χ4n) is 3.70. The number of hydrogen-bond acceptors (Lipinski definition) is 4. The third-order valence-corrected chi connectivity index (χ3v) is 4.88. The summed E-state index contributed by atoms with van der Waals surface area (Å²) in [5, 5.41) is 3.70. The number of nitrogens with one attached hydrogen (secondary N) is 1. The molecule has 4 heteroatoms. The van der Waals surface area contributed by atoms with E-state index >= 15 is 0 Å². The Kier molecular flexibility index (Phi) is 6.75. The Hall–Kier alpha value is -0.160. The van der Waals surface area contributed by atoms with Crippen LogP contribution in [0.3, 0.4) is 0 Å². The molecule has 1 unspecified atom stereocenters. The van der Waals surface area contributed by atoms with Gasteiger partial charge in [-0.3, -0.25) is 4.90 Å². The van der Waals surface area contributed by atoms with Crippen LogP contribution in [-0.2, 0) is 9.47 Å². The molecule has 118 valence electrons.